The molecule has 0 saturated carbocycles. The van der Waals surface area contributed by atoms with E-state index in [0.29, 0.717) is 5.69 Å². The molecule has 0 aromatic heterocycles. The number of rotatable bonds is 3. The van der Waals surface area contributed by atoms with Gasteiger partial charge >= 0.3 is 0 Å². The van der Waals surface area contributed by atoms with Gasteiger partial charge in [-0.15, -0.1) is 11.8 Å². The van der Waals surface area contributed by atoms with Gasteiger partial charge in [-0.2, -0.15) is 0 Å². The highest BCUT2D eigenvalue weighted by atomic mass is 32.2. The Morgan fingerprint density at radius 1 is 1.38 bits per heavy atom. The molecule has 5 nitrogen and oxygen atoms in total. The van der Waals surface area contributed by atoms with Crippen LogP contribution in [-0.4, -0.2) is 17.6 Å². The Kier molecular flexibility index (Phi) is 4.65. The van der Waals surface area contributed by atoms with Gasteiger partial charge in [-0.1, -0.05) is 6.07 Å². The molecule has 86 valence electrons. The van der Waals surface area contributed by atoms with Gasteiger partial charge in [0.15, 0.2) is 0 Å². The number of thioether (sulfide) groups is 1. The lowest BCUT2D eigenvalue weighted by atomic mass is 10.3. The van der Waals surface area contributed by atoms with Crippen LogP contribution in [-0.2, 0) is 9.59 Å². The number of carbonyl (C=O) groups is 2. The van der Waals surface area contributed by atoms with Crippen molar-refractivity contribution < 1.29 is 9.59 Å². The molecule has 0 aliphatic carbocycles. The van der Waals surface area contributed by atoms with Crippen LogP contribution in [0.2, 0.25) is 0 Å². The lowest BCUT2D eigenvalue weighted by Crippen LogP contribution is -2.41. The van der Waals surface area contributed by atoms with Crippen molar-refractivity contribution in [3.63, 3.8) is 0 Å². The Morgan fingerprint density at radius 3 is 2.75 bits per heavy atom. The Labute approximate surface area is 97.7 Å². The molecule has 0 bridgehead atoms. The molecule has 1 rings (SSSR count). The minimum absolute atomic E-state index is 0.226. The molecule has 4 N–H and O–H groups in total. The van der Waals surface area contributed by atoms with E-state index < -0.39 is 0 Å². The van der Waals surface area contributed by atoms with Gasteiger partial charge in [0.1, 0.15) is 0 Å². The van der Waals surface area contributed by atoms with Crippen molar-refractivity contribution >= 4 is 29.3 Å². The molecule has 0 fully saturated rings. The fourth-order valence-corrected chi connectivity index (χ4v) is 1.71. The highest BCUT2D eigenvalue weighted by molar-refractivity contribution is 8.00. The van der Waals surface area contributed by atoms with Crippen LogP contribution in [0.15, 0.2) is 29.2 Å². The van der Waals surface area contributed by atoms with Crippen LogP contribution in [0.3, 0.4) is 0 Å². The first kappa shape index (κ1) is 12.4. The largest absolute Gasteiger partial charge is 0.399 e. The number of amides is 2. The summed E-state index contributed by atoms with van der Waals surface area (Å²) in [4.78, 5) is 22.7. The van der Waals surface area contributed by atoms with E-state index in [-0.39, 0.29) is 17.6 Å². The molecule has 1 aromatic carbocycles. The molecule has 0 spiro atoms. The number of benzene rings is 1. The Morgan fingerprint density at radius 2 is 2.12 bits per heavy atom. The molecular formula is C10H13N3O2S. The van der Waals surface area contributed by atoms with Crippen LogP contribution in [0.1, 0.15) is 6.92 Å². The molecule has 0 aliphatic rings. The van der Waals surface area contributed by atoms with Crippen LogP contribution in [0, 0.1) is 0 Å². The Hall–Kier alpha value is -1.69. The van der Waals surface area contributed by atoms with Gasteiger partial charge in [0.2, 0.25) is 11.8 Å². The quantitative estimate of drug-likeness (QED) is 0.408. The second-order valence-corrected chi connectivity index (χ2v) is 4.14. The third-order valence-corrected chi connectivity index (χ3v) is 2.60. The summed E-state index contributed by atoms with van der Waals surface area (Å²) in [5.74, 6) is -0.339. The zero-order chi connectivity index (χ0) is 12.0. The number of hydrogen-bond donors (Lipinski definition) is 3. The van der Waals surface area contributed by atoms with Gasteiger partial charge in [0.05, 0.1) is 5.75 Å². The molecule has 0 aliphatic heterocycles. The fraction of sp³-hybridized carbons (Fsp3) is 0.200. The first-order valence-corrected chi connectivity index (χ1v) is 5.60. The molecule has 0 unspecified atom stereocenters. The maximum absolute atomic E-state index is 11.2. The van der Waals surface area contributed by atoms with Crippen molar-refractivity contribution in [2.75, 3.05) is 11.5 Å². The second kappa shape index (κ2) is 6.02. The van der Waals surface area contributed by atoms with E-state index in [1.165, 1.54) is 18.7 Å². The lowest BCUT2D eigenvalue weighted by molar-refractivity contribution is -0.126. The van der Waals surface area contributed by atoms with Crippen LogP contribution < -0.4 is 16.6 Å². The summed E-state index contributed by atoms with van der Waals surface area (Å²) in [5.41, 5.74) is 10.7. The number of nitrogens with two attached hydrogens (primary N) is 1. The molecule has 0 heterocycles. The number of nitrogens with one attached hydrogen (secondary N) is 2. The maximum Gasteiger partial charge on any atom is 0.248 e. The predicted octanol–water partition coefficient (Wildman–Crippen LogP) is 0.528. The molecule has 2 amide bonds. The molecule has 16 heavy (non-hydrogen) atoms. The summed E-state index contributed by atoms with van der Waals surface area (Å²) in [7, 11) is 0. The summed E-state index contributed by atoms with van der Waals surface area (Å²) < 4.78 is 0. The monoisotopic (exact) mass is 239 g/mol. The van der Waals surface area contributed by atoms with E-state index >= 15 is 0 Å². The van der Waals surface area contributed by atoms with Gasteiger partial charge in [-0.3, -0.25) is 20.4 Å². The van der Waals surface area contributed by atoms with Crippen molar-refractivity contribution in [3.05, 3.63) is 24.3 Å². The topological polar surface area (TPSA) is 84.2 Å². The van der Waals surface area contributed by atoms with Crippen molar-refractivity contribution in [3.8, 4) is 0 Å². The Bertz CT molecular complexity index is 395. The van der Waals surface area contributed by atoms with Gasteiger partial charge in [0, 0.05) is 17.5 Å². The third kappa shape index (κ3) is 4.70. The summed E-state index contributed by atoms with van der Waals surface area (Å²) in [5, 5.41) is 0. The van der Waals surface area contributed by atoms with E-state index in [1.54, 1.807) is 12.1 Å². The Balaban J connectivity index is 2.34. The van der Waals surface area contributed by atoms with Crippen molar-refractivity contribution in [1.29, 1.82) is 0 Å². The number of carbonyl (C=O) groups excluding carboxylic acids is 2. The lowest BCUT2D eigenvalue weighted by Gasteiger charge is -2.05. The van der Waals surface area contributed by atoms with Crippen molar-refractivity contribution in [2.45, 2.75) is 11.8 Å². The third-order valence-electron chi connectivity index (χ3n) is 1.61. The van der Waals surface area contributed by atoms with E-state index in [0.717, 1.165) is 4.90 Å². The molecule has 0 saturated heterocycles. The van der Waals surface area contributed by atoms with E-state index in [4.69, 9.17) is 5.73 Å². The first-order chi connectivity index (χ1) is 7.58. The highest BCUT2D eigenvalue weighted by Gasteiger charge is 2.02. The van der Waals surface area contributed by atoms with E-state index in [2.05, 4.69) is 10.9 Å². The van der Waals surface area contributed by atoms with Crippen molar-refractivity contribution in [2.24, 2.45) is 0 Å². The average molecular weight is 239 g/mol. The second-order valence-electron chi connectivity index (χ2n) is 3.09. The molecule has 0 atom stereocenters. The van der Waals surface area contributed by atoms with Crippen LogP contribution in [0.25, 0.3) is 0 Å². The van der Waals surface area contributed by atoms with E-state index in [1.807, 2.05) is 12.1 Å². The zero-order valence-corrected chi connectivity index (χ0v) is 9.64. The maximum atomic E-state index is 11.2. The fourth-order valence-electron chi connectivity index (χ4n) is 0.947. The molecular weight excluding hydrogens is 226 g/mol. The summed E-state index contributed by atoms with van der Waals surface area (Å²) in [6, 6.07) is 7.26. The van der Waals surface area contributed by atoms with E-state index in [9.17, 15) is 9.59 Å². The minimum Gasteiger partial charge on any atom is -0.399 e. The first-order valence-electron chi connectivity index (χ1n) is 4.61. The van der Waals surface area contributed by atoms with Gasteiger partial charge in [0.25, 0.3) is 0 Å². The van der Waals surface area contributed by atoms with Gasteiger partial charge in [-0.05, 0) is 18.2 Å². The zero-order valence-electron chi connectivity index (χ0n) is 8.82. The summed E-state index contributed by atoms with van der Waals surface area (Å²) in [6.45, 7) is 1.32. The normalized spacial score (nSPS) is 9.56. The number of hydrogen-bond acceptors (Lipinski definition) is 4. The van der Waals surface area contributed by atoms with Crippen molar-refractivity contribution in [1.82, 2.24) is 10.9 Å². The highest BCUT2D eigenvalue weighted by Crippen LogP contribution is 2.19. The van der Waals surface area contributed by atoms with Gasteiger partial charge in [-0.25, -0.2) is 0 Å². The predicted molar refractivity (Wildman–Crippen MR) is 63.5 cm³/mol. The molecule has 1 aromatic rings. The van der Waals surface area contributed by atoms with Crippen LogP contribution >= 0.6 is 11.8 Å². The molecule has 0 radical (unpaired) electrons. The number of hydrazine groups is 1. The minimum atomic E-state index is -0.303. The summed E-state index contributed by atoms with van der Waals surface area (Å²) in [6.07, 6.45) is 0. The van der Waals surface area contributed by atoms with Gasteiger partial charge < -0.3 is 5.73 Å². The van der Waals surface area contributed by atoms with Crippen LogP contribution in [0.4, 0.5) is 5.69 Å². The van der Waals surface area contributed by atoms with Crippen LogP contribution in [0.5, 0.6) is 0 Å². The molecule has 6 heteroatoms. The SMILES string of the molecule is CC(=O)NNC(=O)CSc1cccc(N)c1. The smallest absolute Gasteiger partial charge is 0.248 e. The number of anilines is 1. The summed E-state index contributed by atoms with van der Waals surface area (Å²) >= 11 is 1.35. The number of nitrogen functional groups attached to an aromatic ring is 1. The average Bonchev–Trinajstić information content (AvgIpc) is 2.23. The standard InChI is InChI=1S/C10H13N3O2S/c1-7(14)12-13-10(15)6-16-9-4-2-3-8(11)5-9/h2-5H,6,11H2,1H3,(H,12,14)(H,13,15).